The Bertz CT molecular complexity index is 540. The molecular weight excluding hydrogens is 251 g/mol. The minimum Gasteiger partial charge on any atom is -0.398 e. The van der Waals surface area contributed by atoms with Crippen molar-refractivity contribution in [1.82, 2.24) is 4.90 Å². The number of nitrogens with two attached hydrogens (primary N) is 1. The molecule has 0 aliphatic heterocycles. The van der Waals surface area contributed by atoms with E-state index in [4.69, 9.17) is 5.73 Å². The van der Waals surface area contributed by atoms with Crippen LogP contribution >= 0.6 is 0 Å². The zero-order valence-corrected chi connectivity index (χ0v) is 11.8. The normalized spacial score (nSPS) is 10.9. The number of nitrogen functional groups attached to an aromatic ring is 1. The van der Waals surface area contributed by atoms with E-state index in [1.54, 1.807) is 6.07 Å². The minimum atomic E-state index is -0.280. The van der Waals surface area contributed by atoms with Crippen LogP contribution in [-0.4, -0.2) is 18.5 Å². The van der Waals surface area contributed by atoms with Gasteiger partial charge in [0.15, 0.2) is 0 Å². The lowest BCUT2D eigenvalue weighted by molar-refractivity contribution is 0.322. The molecule has 2 N–H and O–H groups in total. The molecule has 0 aliphatic rings. The highest BCUT2D eigenvalue weighted by Gasteiger charge is 2.05. The van der Waals surface area contributed by atoms with Crippen LogP contribution in [0.5, 0.6) is 0 Å². The topological polar surface area (TPSA) is 29.3 Å². The van der Waals surface area contributed by atoms with Gasteiger partial charge in [0.2, 0.25) is 0 Å². The highest BCUT2D eigenvalue weighted by atomic mass is 19.1. The molecule has 0 fully saturated rings. The van der Waals surface area contributed by atoms with Gasteiger partial charge in [0.1, 0.15) is 5.82 Å². The van der Waals surface area contributed by atoms with Crippen LogP contribution in [0, 0.1) is 5.82 Å². The number of hydrogen-bond donors (Lipinski definition) is 1. The summed E-state index contributed by atoms with van der Waals surface area (Å²) in [6, 6.07) is 15.1. The van der Waals surface area contributed by atoms with Gasteiger partial charge in [-0.3, -0.25) is 0 Å². The van der Waals surface area contributed by atoms with Crippen molar-refractivity contribution in [3.05, 3.63) is 65.5 Å². The van der Waals surface area contributed by atoms with E-state index in [-0.39, 0.29) is 5.82 Å². The van der Waals surface area contributed by atoms with Crippen molar-refractivity contribution in [2.45, 2.75) is 19.4 Å². The fourth-order valence-electron chi connectivity index (χ4n) is 2.28. The first-order valence-electron chi connectivity index (χ1n) is 6.91. The molecule has 0 spiro atoms. The van der Waals surface area contributed by atoms with Gasteiger partial charge >= 0.3 is 0 Å². The third kappa shape index (κ3) is 4.35. The SMILES string of the molecule is CN(CCCc1ccccc1)Cc1ccc(F)cc1N. The largest absolute Gasteiger partial charge is 0.398 e. The van der Waals surface area contributed by atoms with Crippen LogP contribution in [0.1, 0.15) is 17.5 Å². The average molecular weight is 272 g/mol. The lowest BCUT2D eigenvalue weighted by atomic mass is 10.1. The van der Waals surface area contributed by atoms with Gasteiger partial charge in [-0.15, -0.1) is 0 Å². The summed E-state index contributed by atoms with van der Waals surface area (Å²) >= 11 is 0. The number of nitrogens with zero attached hydrogens (tertiary/aromatic N) is 1. The Morgan fingerprint density at radius 2 is 1.85 bits per heavy atom. The standard InChI is InChI=1S/C17H21FN2/c1-20(11-5-8-14-6-3-2-4-7-14)13-15-9-10-16(18)12-17(15)19/h2-4,6-7,9-10,12H,5,8,11,13,19H2,1H3. The van der Waals surface area contributed by atoms with E-state index in [2.05, 4.69) is 36.2 Å². The zero-order chi connectivity index (χ0) is 14.4. The lowest BCUT2D eigenvalue weighted by Crippen LogP contribution is -2.20. The van der Waals surface area contributed by atoms with Crippen LogP contribution in [0.25, 0.3) is 0 Å². The summed E-state index contributed by atoms with van der Waals surface area (Å²) in [6.07, 6.45) is 2.17. The van der Waals surface area contributed by atoms with Crippen LogP contribution in [0.3, 0.4) is 0 Å². The highest BCUT2D eigenvalue weighted by Crippen LogP contribution is 2.15. The Morgan fingerprint density at radius 3 is 2.55 bits per heavy atom. The molecule has 106 valence electrons. The number of benzene rings is 2. The second-order valence-electron chi connectivity index (χ2n) is 5.17. The van der Waals surface area contributed by atoms with Crippen molar-refractivity contribution in [3.8, 4) is 0 Å². The van der Waals surface area contributed by atoms with Crippen LogP contribution in [0.2, 0.25) is 0 Å². The van der Waals surface area contributed by atoms with E-state index >= 15 is 0 Å². The summed E-state index contributed by atoms with van der Waals surface area (Å²) in [7, 11) is 2.06. The molecular formula is C17H21FN2. The van der Waals surface area contributed by atoms with E-state index < -0.39 is 0 Å². The molecule has 2 aromatic carbocycles. The number of aryl methyl sites for hydroxylation is 1. The molecule has 3 heteroatoms. The Morgan fingerprint density at radius 1 is 1.10 bits per heavy atom. The molecule has 0 heterocycles. The second-order valence-corrected chi connectivity index (χ2v) is 5.17. The maximum absolute atomic E-state index is 13.0. The van der Waals surface area contributed by atoms with Crippen molar-refractivity contribution in [3.63, 3.8) is 0 Å². The Labute approximate surface area is 120 Å². The van der Waals surface area contributed by atoms with E-state index in [1.807, 2.05) is 6.07 Å². The number of halogens is 1. The molecule has 0 amide bonds. The van der Waals surface area contributed by atoms with Crippen LogP contribution in [0.15, 0.2) is 48.5 Å². The fourth-order valence-corrected chi connectivity index (χ4v) is 2.28. The zero-order valence-electron chi connectivity index (χ0n) is 11.8. The molecule has 20 heavy (non-hydrogen) atoms. The molecule has 0 aromatic heterocycles. The second kappa shape index (κ2) is 7.06. The van der Waals surface area contributed by atoms with E-state index in [9.17, 15) is 4.39 Å². The predicted octanol–water partition coefficient (Wildman–Crippen LogP) is 3.47. The minimum absolute atomic E-state index is 0.280. The maximum Gasteiger partial charge on any atom is 0.125 e. The summed E-state index contributed by atoms with van der Waals surface area (Å²) in [5, 5.41) is 0. The number of rotatable bonds is 6. The third-order valence-corrected chi connectivity index (χ3v) is 3.40. The Balaban J connectivity index is 1.79. The van der Waals surface area contributed by atoms with Crippen molar-refractivity contribution in [2.24, 2.45) is 0 Å². The van der Waals surface area contributed by atoms with Gasteiger partial charge in [0.05, 0.1) is 0 Å². The first-order chi connectivity index (χ1) is 9.65. The quantitative estimate of drug-likeness (QED) is 0.816. The highest BCUT2D eigenvalue weighted by molar-refractivity contribution is 5.46. The molecule has 0 saturated carbocycles. The summed E-state index contributed by atoms with van der Waals surface area (Å²) < 4.78 is 13.0. The van der Waals surface area contributed by atoms with Crippen LogP contribution in [0.4, 0.5) is 10.1 Å². The molecule has 0 radical (unpaired) electrons. The number of hydrogen-bond acceptors (Lipinski definition) is 2. The van der Waals surface area contributed by atoms with Gasteiger partial charge < -0.3 is 10.6 Å². The van der Waals surface area contributed by atoms with Crippen molar-refractivity contribution in [1.29, 1.82) is 0 Å². The van der Waals surface area contributed by atoms with Gasteiger partial charge in [-0.2, -0.15) is 0 Å². The molecule has 0 bridgehead atoms. The van der Waals surface area contributed by atoms with Crippen molar-refractivity contribution in [2.75, 3.05) is 19.3 Å². The summed E-state index contributed by atoms with van der Waals surface area (Å²) in [5.41, 5.74) is 8.69. The molecule has 0 saturated heterocycles. The van der Waals surface area contributed by atoms with Gasteiger partial charge in [-0.25, -0.2) is 4.39 Å². The van der Waals surface area contributed by atoms with Gasteiger partial charge in [0, 0.05) is 12.2 Å². The fraction of sp³-hybridized carbons (Fsp3) is 0.294. The first kappa shape index (κ1) is 14.5. The molecule has 0 aliphatic carbocycles. The Kier molecular flexibility index (Phi) is 5.13. The van der Waals surface area contributed by atoms with Gasteiger partial charge in [0.25, 0.3) is 0 Å². The van der Waals surface area contributed by atoms with Gasteiger partial charge in [-0.1, -0.05) is 36.4 Å². The summed E-state index contributed by atoms with van der Waals surface area (Å²) in [5.74, 6) is -0.280. The first-order valence-corrected chi connectivity index (χ1v) is 6.91. The molecule has 0 unspecified atom stereocenters. The van der Waals surface area contributed by atoms with Gasteiger partial charge in [-0.05, 0) is 49.7 Å². The third-order valence-electron chi connectivity index (χ3n) is 3.40. The Hall–Kier alpha value is -1.87. The molecule has 0 atom stereocenters. The lowest BCUT2D eigenvalue weighted by Gasteiger charge is -2.17. The van der Waals surface area contributed by atoms with E-state index in [0.29, 0.717) is 5.69 Å². The maximum atomic E-state index is 13.0. The average Bonchev–Trinajstić information content (AvgIpc) is 2.43. The molecule has 2 rings (SSSR count). The number of anilines is 1. The predicted molar refractivity (Wildman–Crippen MR) is 81.9 cm³/mol. The molecule has 2 aromatic rings. The monoisotopic (exact) mass is 272 g/mol. The smallest absolute Gasteiger partial charge is 0.125 e. The van der Waals surface area contributed by atoms with Crippen LogP contribution in [-0.2, 0) is 13.0 Å². The van der Waals surface area contributed by atoms with Crippen LogP contribution < -0.4 is 5.73 Å². The summed E-state index contributed by atoms with van der Waals surface area (Å²) in [6.45, 7) is 1.74. The summed E-state index contributed by atoms with van der Waals surface area (Å²) in [4.78, 5) is 2.21. The van der Waals surface area contributed by atoms with E-state index in [0.717, 1.165) is 31.5 Å². The van der Waals surface area contributed by atoms with Crippen molar-refractivity contribution < 1.29 is 4.39 Å². The van der Waals surface area contributed by atoms with Crippen molar-refractivity contribution >= 4 is 5.69 Å². The van der Waals surface area contributed by atoms with E-state index in [1.165, 1.54) is 17.7 Å². The molecule has 2 nitrogen and oxygen atoms in total.